The van der Waals surface area contributed by atoms with Gasteiger partial charge in [0.1, 0.15) is 5.75 Å². The molecule has 0 spiro atoms. The normalized spacial score (nSPS) is 10.6. The van der Waals surface area contributed by atoms with Crippen LogP contribution in [-0.2, 0) is 5.75 Å². The lowest BCUT2D eigenvalue weighted by Gasteiger charge is -2.10. The quantitative estimate of drug-likeness (QED) is 0.290. The van der Waals surface area contributed by atoms with Crippen LogP contribution in [0.1, 0.15) is 5.69 Å². The molecule has 0 aromatic carbocycles. The molecule has 0 saturated heterocycles. The summed E-state index contributed by atoms with van der Waals surface area (Å²) in [5.41, 5.74) is 0.876. The van der Waals surface area contributed by atoms with Crippen LogP contribution in [0.15, 0.2) is 30.4 Å². The van der Waals surface area contributed by atoms with Gasteiger partial charge in [-0.2, -0.15) is 11.8 Å². The highest BCUT2D eigenvalue weighted by molar-refractivity contribution is 7.98. The Kier molecular flexibility index (Phi) is 8.30. The summed E-state index contributed by atoms with van der Waals surface area (Å²) < 4.78 is 5.22. The van der Waals surface area contributed by atoms with Crippen molar-refractivity contribution in [2.75, 3.05) is 26.0 Å². The molecule has 0 aliphatic heterocycles. The highest BCUT2D eigenvalue weighted by atomic mass is 32.2. The average Bonchev–Trinajstić information content (AvgIpc) is 2.51. The van der Waals surface area contributed by atoms with Gasteiger partial charge in [0.05, 0.1) is 24.3 Å². The lowest BCUT2D eigenvalue weighted by atomic mass is 10.3. The van der Waals surface area contributed by atoms with Gasteiger partial charge in [-0.25, -0.2) is 0 Å². The number of ether oxygens (including phenoxy) is 1. The number of methoxy groups -OCH3 is 1. The van der Waals surface area contributed by atoms with E-state index in [1.165, 1.54) is 0 Å². The summed E-state index contributed by atoms with van der Waals surface area (Å²) in [5.74, 6) is 4.89. The smallest absolute Gasteiger partial charge is 0.274 e. The minimum absolute atomic E-state index is 0.227. The fourth-order valence-corrected chi connectivity index (χ4v) is 2.35. The van der Waals surface area contributed by atoms with Gasteiger partial charge in [-0.3, -0.25) is 15.1 Å². The number of aromatic nitrogens is 1. The van der Waals surface area contributed by atoms with Gasteiger partial charge >= 0.3 is 0 Å². The van der Waals surface area contributed by atoms with Gasteiger partial charge in [0.25, 0.3) is 6.20 Å². The molecule has 2 N–H and O–H groups in total. The van der Waals surface area contributed by atoms with E-state index in [9.17, 15) is 10.1 Å². The highest BCUT2D eigenvalue weighted by Crippen LogP contribution is 2.19. The Labute approximate surface area is 133 Å². The van der Waals surface area contributed by atoms with E-state index in [1.807, 2.05) is 12.1 Å². The molecule has 0 fully saturated rings. The third-order valence-corrected chi connectivity index (χ3v) is 3.45. The molecule has 1 heterocycles. The summed E-state index contributed by atoms with van der Waals surface area (Å²) in [6.45, 7) is 0.794. The van der Waals surface area contributed by atoms with Crippen molar-refractivity contribution in [3.63, 3.8) is 0 Å². The monoisotopic (exact) mass is 322 g/mol. The van der Waals surface area contributed by atoms with E-state index in [4.69, 9.17) is 11.2 Å². The van der Waals surface area contributed by atoms with E-state index < -0.39 is 4.92 Å². The van der Waals surface area contributed by atoms with Gasteiger partial charge in [0, 0.05) is 24.2 Å². The van der Waals surface area contributed by atoms with Crippen molar-refractivity contribution in [3.05, 3.63) is 46.2 Å². The van der Waals surface area contributed by atoms with Crippen molar-refractivity contribution in [1.29, 1.82) is 0 Å². The topological polar surface area (TPSA) is 89.3 Å². The van der Waals surface area contributed by atoms with Crippen LogP contribution in [0.4, 0.5) is 0 Å². The molecule has 1 aromatic heterocycles. The fourth-order valence-electron chi connectivity index (χ4n) is 1.55. The third kappa shape index (κ3) is 6.85. The first-order valence-corrected chi connectivity index (χ1v) is 7.65. The number of hydrogen-bond donors (Lipinski definition) is 2. The van der Waals surface area contributed by atoms with E-state index in [2.05, 4.69) is 21.5 Å². The Bertz CT molecular complexity index is 557. The summed E-state index contributed by atoms with van der Waals surface area (Å²) in [4.78, 5) is 14.2. The molecule has 7 nitrogen and oxygen atoms in total. The molecule has 0 aliphatic carbocycles. The maximum Gasteiger partial charge on any atom is 0.274 e. The number of hydrogen-bond acceptors (Lipinski definition) is 7. The van der Waals surface area contributed by atoms with E-state index >= 15 is 0 Å². The van der Waals surface area contributed by atoms with E-state index in [-0.39, 0.29) is 6.54 Å². The molecule has 1 rings (SSSR count). The zero-order valence-corrected chi connectivity index (χ0v) is 13.1. The molecule has 0 radical (unpaired) electrons. The Hall–Kier alpha value is -2.40. The number of terminal acetylenes is 1. The third-order valence-electron chi connectivity index (χ3n) is 2.48. The standard InChI is InChI=1S/C14H18N4O3S/c1-3-6-16-14(10-18(19)20)17-8-9-22-11-12-13(21-2)5-4-7-15-12/h1,4-5,7,10,16-17H,6,8-9,11H2,2H3/b14-10-. The first-order chi connectivity index (χ1) is 10.7. The van der Waals surface area contributed by atoms with Crippen LogP contribution in [0.2, 0.25) is 0 Å². The molecule has 0 amide bonds. The van der Waals surface area contributed by atoms with Crippen LogP contribution < -0.4 is 15.4 Å². The Balaban J connectivity index is 2.34. The van der Waals surface area contributed by atoms with E-state index in [0.29, 0.717) is 18.1 Å². The fraction of sp³-hybridized carbons (Fsp3) is 0.357. The maximum atomic E-state index is 10.5. The predicted molar refractivity (Wildman–Crippen MR) is 86.9 cm³/mol. The molecule has 8 heteroatoms. The Morgan fingerprint density at radius 1 is 1.64 bits per heavy atom. The van der Waals surface area contributed by atoms with Gasteiger partial charge in [-0.05, 0) is 12.1 Å². The van der Waals surface area contributed by atoms with Crippen molar-refractivity contribution in [2.24, 2.45) is 0 Å². The molecule has 0 bridgehead atoms. The van der Waals surface area contributed by atoms with Crippen LogP contribution in [0.25, 0.3) is 0 Å². The van der Waals surface area contributed by atoms with Gasteiger partial charge in [-0.1, -0.05) is 5.92 Å². The van der Waals surface area contributed by atoms with Crippen molar-refractivity contribution in [2.45, 2.75) is 5.75 Å². The van der Waals surface area contributed by atoms with Crippen molar-refractivity contribution < 1.29 is 9.66 Å². The predicted octanol–water partition coefficient (Wildman–Crippen LogP) is 1.21. The Morgan fingerprint density at radius 3 is 3.14 bits per heavy atom. The van der Waals surface area contributed by atoms with Gasteiger partial charge in [0.2, 0.25) is 0 Å². The molecule has 1 aromatic rings. The molecular formula is C14H18N4O3S. The second kappa shape index (κ2) is 10.3. The van der Waals surface area contributed by atoms with Crippen LogP contribution in [0.3, 0.4) is 0 Å². The number of nitrogens with zero attached hydrogens (tertiary/aromatic N) is 2. The molecule has 0 aliphatic rings. The summed E-state index contributed by atoms with van der Waals surface area (Å²) in [6, 6.07) is 3.68. The minimum atomic E-state index is -0.530. The zero-order valence-electron chi connectivity index (χ0n) is 12.2. The number of pyridine rings is 1. The van der Waals surface area contributed by atoms with Crippen molar-refractivity contribution in [1.82, 2.24) is 15.6 Å². The second-order valence-electron chi connectivity index (χ2n) is 4.02. The van der Waals surface area contributed by atoms with Crippen molar-refractivity contribution >= 4 is 11.8 Å². The van der Waals surface area contributed by atoms with Crippen LogP contribution in [0, 0.1) is 22.5 Å². The summed E-state index contributed by atoms with van der Waals surface area (Å²) in [6.07, 6.45) is 7.70. The van der Waals surface area contributed by atoms with Crippen LogP contribution in [0.5, 0.6) is 5.75 Å². The second-order valence-corrected chi connectivity index (χ2v) is 5.12. The molecule has 0 saturated carbocycles. The zero-order chi connectivity index (χ0) is 16.2. The number of thioether (sulfide) groups is 1. The van der Waals surface area contributed by atoms with Crippen molar-refractivity contribution in [3.8, 4) is 18.1 Å². The number of nitro groups is 1. The van der Waals surface area contributed by atoms with Gasteiger partial charge < -0.3 is 15.4 Å². The molecule has 0 unspecified atom stereocenters. The first-order valence-electron chi connectivity index (χ1n) is 6.49. The van der Waals surface area contributed by atoms with Gasteiger partial charge in [0.15, 0.2) is 5.82 Å². The first kappa shape index (κ1) is 17.7. The largest absolute Gasteiger partial charge is 0.495 e. The van der Waals surface area contributed by atoms with E-state index in [1.54, 1.807) is 25.1 Å². The SMILES string of the molecule is C#CCN/C(=C/[N+](=O)[O-])NCCSCc1ncccc1OC. The lowest BCUT2D eigenvalue weighted by molar-refractivity contribution is -0.404. The lowest BCUT2D eigenvalue weighted by Crippen LogP contribution is -2.29. The van der Waals surface area contributed by atoms with Crippen LogP contribution >= 0.6 is 11.8 Å². The maximum absolute atomic E-state index is 10.5. The van der Waals surface area contributed by atoms with E-state index in [0.717, 1.165) is 23.4 Å². The number of rotatable bonds is 10. The molecule has 118 valence electrons. The average molecular weight is 322 g/mol. The highest BCUT2D eigenvalue weighted by Gasteiger charge is 2.04. The summed E-state index contributed by atoms with van der Waals surface area (Å²) in [5, 5.41) is 16.2. The summed E-state index contributed by atoms with van der Waals surface area (Å²) >= 11 is 1.65. The Morgan fingerprint density at radius 2 is 2.45 bits per heavy atom. The van der Waals surface area contributed by atoms with Gasteiger partial charge in [-0.15, -0.1) is 6.42 Å². The molecular weight excluding hydrogens is 304 g/mol. The molecule has 22 heavy (non-hydrogen) atoms. The van der Waals surface area contributed by atoms with Crippen LogP contribution in [-0.4, -0.2) is 35.9 Å². The molecule has 0 atom stereocenters. The summed E-state index contributed by atoms with van der Waals surface area (Å²) in [7, 11) is 1.61. The minimum Gasteiger partial charge on any atom is -0.495 e. The number of nitrogens with one attached hydrogen (secondary N) is 2.